The SMILES string of the molecule is C[C@H](Oc1ccc(Cl)cc1)C(=O)NCc1nc(-c2cccc(Br)c2)no1. The molecule has 0 aliphatic carbocycles. The van der Waals surface area contributed by atoms with Gasteiger partial charge < -0.3 is 14.6 Å². The molecule has 0 unspecified atom stereocenters. The molecule has 8 heteroatoms. The molecule has 0 fully saturated rings. The Morgan fingerprint density at radius 2 is 2.08 bits per heavy atom. The average Bonchev–Trinajstić information content (AvgIpc) is 3.10. The summed E-state index contributed by atoms with van der Waals surface area (Å²) in [5, 5.41) is 7.24. The Bertz CT molecular complexity index is 899. The van der Waals surface area contributed by atoms with Crippen LogP contribution in [0.15, 0.2) is 57.5 Å². The van der Waals surface area contributed by atoms with Crippen molar-refractivity contribution >= 4 is 33.4 Å². The first kappa shape index (κ1) is 18.4. The summed E-state index contributed by atoms with van der Waals surface area (Å²) in [6, 6.07) is 14.4. The lowest BCUT2D eigenvalue weighted by Gasteiger charge is -2.13. The topological polar surface area (TPSA) is 77.2 Å². The maximum absolute atomic E-state index is 12.2. The molecule has 1 N–H and O–H groups in total. The summed E-state index contributed by atoms with van der Waals surface area (Å²) in [5.74, 6) is 1.04. The molecule has 0 saturated carbocycles. The molecular weight excluding hydrogens is 422 g/mol. The van der Waals surface area contributed by atoms with Gasteiger partial charge in [-0.25, -0.2) is 0 Å². The van der Waals surface area contributed by atoms with E-state index in [0.29, 0.717) is 22.5 Å². The van der Waals surface area contributed by atoms with E-state index in [2.05, 4.69) is 31.4 Å². The van der Waals surface area contributed by atoms with Gasteiger partial charge in [-0.15, -0.1) is 0 Å². The zero-order chi connectivity index (χ0) is 18.5. The van der Waals surface area contributed by atoms with Gasteiger partial charge in [0.05, 0.1) is 6.54 Å². The summed E-state index contributed by atoms with van der Waals surface area (Å²) in [7, 11) is 0. The Morgan fingerprint density at radius 1 is 1.31 bits per heavy atom. The van der Waals surface area contributed by atoms with E-state index in [1.54, 1.807) is 31.2 Å². The summed E-state index contributed by atoms with van der Waals surface area (Å²) in [5.41, 5.74) is 0.820. The van der Waals surface area contributed by atoms with Crippen LogP contribution in [0.5, 0.6) is 5.75 Å². The van der Waals surface area contributed by atoms with E-state index in [1.807, 2.05) is 24.3 Å². The molecule has 3 rings (SSSR count). The quantitative estimate of drug-likeness (QED) is 0.625. The van der Waals surface area contributed by atoms with Gasteiger partial charge in [-0.2, -0.15) is 4.98 Å². The highest BCUT2D eigenvalue weighted by atomic mass is 79.9. The molecule has 0 saturated heterocycles. The second-order valence-corrected chi connectivity index (χ2v) is 6.81. The van der Waals surface area contributed by atoms with Gasteiger partial charge in [0.1, 0.15) is 5.75 Å². The summed E-state index contributed by atoms with van der Waals surface area (Å²) in [4.78, 5) is 16.4. The van der Waals surface area contributed by atoms with Crippen LogP contribution in [0.4, 0.5) is 0 Å². The molecular formula is C18H15BrClN3O3. The largest absolute Gasteiger partial charge is 0.481 e. The van der Waals surface area contributed by atoms with Crippen LogP contribution in [0.1, 0.15) is 12.8 Å². The molecule has 26 heavy (non-hydrogen) atoms. The van der Waals surface area contributed by atoms with Crippen molar-refractivity contribution in [2.24, 2.45) is 0 Å². The van der Waals surface area contributed by atoms with Crippen LogP contribution < -0.4 is 10.1 Å². The molecule has 0 radical (unpaired) electrons. The molecule has 1 atom stereocenters. The predicted molar refractivity (Wildman–Crippen MR) is 101 cm³/mol. The molecule has 3 aromatic rings. The normalized spacial score (nSPS) is 11.8. The molecule has 6 nitrogen and oxygen atoms in total. The molecule has 1 amide bonds. The molecule has 1 heterocycles. The van der Waals surface area contributed by atoms with E-state index < -0.39 is 6.10 Å². The lowest BCUT2D eigenvalue weighted by atomic mass is 10.2. The van der Waals surface area contributed by atoms with Crippen LogP contribution in [0.3, 0.4) is 0 Å². The fourth-order valence-corrected chi connectivity index (χ4v) is 2.67. The van der Waals surface area contributed by atoms with E-state index in [0.717, 1.165) is 10.0 Å². The maximum atomic E-state index is 12.2. The van der Waals surface area contributed by atoms with Gasteiger partial charge in [-0.3, -0.25) is 4.79 Å². The number of ether oxygens (including phenoxy) is 1. The number of rotatable bonds is 6. The first-order chi connectivity index (χ1) is 12.5. The molecule has 0 spiro atoms. The van der Waals surface area contributed by atoms with Crippen LogP contribution >= 0.6 is 27.5 Å². The summed E-state index contributed by atoms with van der Waals surface area (Å²) in [6.07, 6.45) is -0.677. The lowest BCUT2D eigenvalue weighted by molar-refractivity contribution is -0.127. The van der Waals surface area contributed by atoms with E-state index in [4.69, 9.17) is 20.9 Å². The number of benzene rings is 2. The molecule has 134 valence electrons. The van der Waals surface area contributed by atoms with Crippen LogP contribution in [-0.2, 0) is 11.3 Å². The van der Waals surface area contributed by atoms with Gasteiger partial charge in [0.15, 0.2) is 6.10 Å². The van der Waals surface area contributed by atoms with Gasteiger partial charge in [-0.1, -0.05) is 44.8 Å². The Morgan fingerprint density at radius 3 is 2.81 bits per heavy atom. The van der Waals surface area contributed by atoms with Crippen LogP contribution in [-0.4, -0.2) is 22.2 Å². The molecule has 0 aliphatic rings. The Balaban J connectivity index is 1.55. The molecule has 0 aliphatic heterocycles. The minimum atomic E-state index is -0.677. The maximum Gasteiger partial charge on any atom is 0.261 e. The Kier molecular flexibility index (Phi) is 5.90. The lowest BCUT2D eigenvalue weighted by Crippen LogP contribution is -2.35. The second kappa shape index (κ2) is 8.33. The Labute approximate surface area is 163 Å². The zero-order valence-electron chi connectivity index (χ0n) is 13.8. The number of nitrogens with zero attached hydrogens (tertiary/aromatic N) is 2. The number of aromatic nitrogens is 2. The van der Waals surface area contributed by atoms with Gasteiger partial charge in [0.2, 0.25) is 11.7 Å². The smallest absolute Gasteiger partial charge is 0.261 e. The van der Waals surface area contributed by atoms with Crippen molar-refractivity contribution in [3.8, 4) is 17.1 Å². The molecule has 0 bridgehead atoms. The number of amides is 1. The number of nitrogens with one attached hydrogen (secondary N) is 1. The second-order valence-electron chi connectivity index (χ2n) is 5.45. The van der Waals surface area contributed by atoms with Crippen molar-refractivity contribution in [2.75, 3.05) is 0 Å². The monoisotopic (exact) mass is 435 g/mol. The van der Waals surface area contributed by atoms with Crippen molar-refractivity contribution in [2.45, 2.75) is 19.6 Å². The highest BCUT2D eigenvalue weighted by molar-refractivity contribution is 9.10. The summed E-state index contributed by atoms with van der Waals surface area (Å²) < 4.78 is 11.7. The highest BCUT2D eigenvalue weighted by Crippen LogP contribution is 2.20. The first-order valence-corrected chi connectivity index (χ1v) is 8.97. The van der Waals surface area contributed by atoms with Gasteiger partial charge in [0, 0.05) is 15.1 Å². The minimum absolute atomic E-state index is 0.119. The molecule has 1 aromatic heterocycles. The average molecular weight is 437 g/mol. The standard InChI is InChI=1S/C18H15BrClN3O3/c1-11(25-15-7-5-14(20)6-8-15)18(24)21-10-16-22-17(23-26-16)12-3-2-4-13(19)9-12/h2-9,11H,10H2,1H3,(H,21,24)/t11-/m0/s1. The minimum Gasteiger partial charge on any atom is -0.481 e. The number of carbonyl (C=O) groups is 1. The molecule has 2 aromatic carbocycles. The predicted octanol–water partition coefficient (Wildman–Crippen LogP) is 4.24. The fraction of sp³-hybridized carbons (Fsp3) is 0.167. The number of hydrogen-bond donors (Lipinski definition) is 1. The van der Waals surface area contributed by atoms with Crippen LogP contribution in [0, 0.1) is 0 Å². The summed E-state index contributed by atoms with van der Waals surface area (Å²) >= 11 is 9.22. The Hall–Kier alpha value is -2.38. The van der Waals surface area contributed by atoms with Crippen LogP contribution in [0.2, 0.25) is 5.02 Å². The number of hydrogen-bond acceptors (Lipinski definition) is 5. The van der Waals surface area contributed by atoms with E-state index in [-0.39, 0.29) is 12.5 Å². The highest BCUT2D eigenvalue weighted by Gasteiger charge is 2.16. The third-order valence-corrected chi connectivity index (χ3v) is 4.21. The van der Waals surface area contributed by atoms with Gasteiger partial charge in [-0.05, 0) is 43.3 Å². The zero-order valence-corrected chi connectivity index (χ0v) is 16.1. The van der Waals surface area contributed by atoms with Crippen molar-refractivity contribution < 1.29 is 14.1 Å². The third-order valence-electron chi connectivity index (χ3n) is 3.46. The van der Waals surface area contributed by atoms with Crippen molar-refractivity contribution in [3.05, 3.63) is 63.9 Å². The number of carbonyl (C=O) groups excluding carboxylic acids is 1. The fourth-order valence-electron chi connectivity index (χ4n) is 2.15. The van der Waals surface area contributed by atoms with E-state index in [9.17, 15) is 4.79 Å². The third kappa shape index (κ3) is 4.83. The van der Waals surface area contributed by atoms with E-state index in [1.165, 1.54) is 0 Å². The summed E-state index contributed by atoms with van der Waals surface area (Å²) in [6.45, 7) is 1.78. The van der Waals surface area contributed by atoms with Crippen molar-refractivity contribution in [1.82, 2.24) is 15.5 Å². The first-order valence-electron chi connectivity index (χ1n) is 7.80. The van der Waals surface area contributed by atoms with Crippen molar-refractivity contribution in [3.63, 3.8) is 0 Å². The van der Waals surface area contributed by atoms with Gasteiger partial charge >= 0.3 is 0 Å². The van der Waals surface area contributed by atoms with E-state index >= 15 is 0 Å². The number of halogens is 2. The van der Waals surface area contributed by atoms with Crippen molar-refractivity contribution in [1.29, 1.82) is 0 Å². The van der Waals surface area contributed by atoms with Gasteiger partial charge in [0.25, 0.3) is 5.91 Å². The van der Waals surface area contributed by atoms with Crippen LogP contribution in [0.25, 0.3) is 11.4 Å².